The van der Waals surface area contributed by atoms with E-state index in [2.05, 4.69) is 9.44 Å². The monoisotopic (exact) mass is 359 g/mol. The Bertz CT molecular complexity index is 722. The molecule has 21 heavy (non-hydrogen) atoms. The summed E-state index contributed by atoms with van der Waals surface area (Å²) in [5, 5.41) is -0.00646. The van der Waals surface area contributed by atoms with Crippen LogP contribution in [0, 0.1) is 5.82 Å². The normalized spacial score (nSPS) is 12.5. The number of benzene rings is 1. The molecule has 4 N–H and O–H groups in total. The number of nitrogens with two attached hydrogens (primary N) is 1. The lowest BCUT2D eigenvalue weighted by Gasteiger charge is -2.09. The van der Waals surface area contributed by atoms with Gasteiger partial charge in [-0.3, -0.25) is 0 Å². The Morgan fingerprint density at radius 2 is 1.76 bits per heavy atom. The Morgan fingerprint density at radius 1 is 1.19 bits per heavy atom. The fourth-order valence-electron chi connectivity index (χ4n) is 1.41. The third-order valence-corrected chi connectivity index (χ3v) is 4.74. The van der Waals surface area contributed by atoms with Crippen molar-refractivity contribution in [3.63, 3.8) is 0 Å². The van der Waals surface area contributed by atoms with Gasteiger partial charge in [0.05, 0.1) is 11.9 Å². The minimum atomic E-state index is -4.12. The summed E-state index contributed by atoms with van der Waals surface area (Å²) in [4.78, 5) is -0.649. The van der Waals surface area contributed by atoms with Crippen molar-refractivity contribution < 1.29 is 21.2 Å². The van der Waals surface area contributed by atoms with Crippen molar-refractivity contribution >= 4 is 37.3 Å². The molecule has 0 radical (unpaired) electrons. The number of halogens is 2. The number of rotatable bonds is 7. The number of hydrogen-bond acceptors (Lipinski definition) is 5. The summed E-state index contributed by atoms with van der Waals surface area (Å²) < 4.78 is 63.5. The number of nitrogen functional groups attached to an aromatic ring is 1. The van der Waals surface area contributed by atoms with E-state index in [1.54, 1.807) is 0 Å². The Balaban J connectivity index is 2.71. The molecule has 120 valence electrons. The summed E-state index contributed by atoms with van der Waals surface area (Å²) in [5.74, 6) is -1.08. The zero-order chi connectivity index (χ0) is 16.3. The molecule has 11 heteroatoms. The van der Waals surface area contributed by atoms with Gasteiger partial charge in [0, 0.05) is 18.1 Å². The highest BCUT2D eigenvalue weighted by Crippen LogP contribution is 2.24. The van der Waals surface area contributed by atoms with Crippen molar-refractivity contribution in [2.75, 3.05) is 25.1 Å². The van der Waals surface area contributed by atoms with Gasteiger partial charge in [-0.25, -0.2) is 30.7 Å². The molecule has 0 aliphatic carbocycles. The molecule has 1 aromatic carbocycles. The van der Waals surface area contributed by atoms with Crippen molar-refractivity contribution in [1.29, 1.82) is 0 Å². The summed E-state index contributed by atoms with van der Waals surface area (Å²) in [6, 6.07) is 2.05. The second-order valence-electron chi connectivity index (χ2n) is 4.22. The fraction of sp³-hybridized carbons (Fsp3) is 0.400. The lowest BCUT2D eigenvalue weighted by Crippen LogP contribution is -2.30. The van der Waals surface area contributed by atoms with Crippen molar-refractivity contribution in [1.82, 2.24) is 9.44 Å². The molecule has 0 aromatic heterocycles. The lowest BCUT2D eigenvalue weighted by atomic mass is 10.3. The van der Waals surface area contributed by atoms with E-state index in [0.717, 1.165) is 18.4 Å². The maximum Gasteiger partial charge on any atom is 0.243 e. The van der Waals surface area contributed by atoms with Crippen molar-refractivity contribution in [3.8, 4) is 0 Å². The highest BCUT2D eigenvalue weighted by molar-refractivity contribution is 7.89. The SMILES string of the molecule is CS(=O)(=O)NCCCNS(=O)(=O)c1cc(Cl)cc(N)c1F. The van der Waals surface area contributed by atoms with Gasteiger partial charge in [-0.2, -0.15) is 0 Å². The van der Waals surface area contributed by atoms with Gasteiger partial charge < -0.3 is 5.73 Å². The van der Waals surface area contributed by atoms with Crippen LogP contribution in [0.15, 0.2) is 17.0 Å². The van der Waals surface area contributed by atoms with Gasteiger partial charge in [0.25, 0.3) is 0 Å². The quantitative estimate of drug-likeness (QED) is 0.477. The third kappa shape index (κ3) is 5.75. The van der Waals surface area contributed by atoms with Crippen molar-refractivity contribution in [3.05, 3.63) is 23.0 Å². The Hall–Kier alpha value is -0.940. The van der Waals surface area contributed by atoms with Crippen LogP contribution >= 0.6 is 11.6 Å². The smallest absolute Gasteiger partial charge is 0.243 e. The molecule has 1 rings (SSSR count). The Kier molecular flexibility index (Phi) is 5.93. The van der Waals surface area contributed by atoms with Gasteiger partial charge in [0.15, 0.2) is 5.82 Å². The molecule has 7 nitrogen and oxygen atoms in total. The topological polar surface area (TPSA) is 118 Å². The fourth-order valence-corrected chi connectivity index (χ4v) is 3.42. The predicted octanol–water partition coefficient (Wildman–Crippen LogP) is 0.279. The zero-order valence-corrected chi connectivity index (χ0v) is 13.4. The molecule has 0 amide bonds. The van der Waals surface area contributed by atoms with Gasteiger partial charge in [-0.05, 0) is 18.6 Å². The first-order chi connectivity index (χ1) is 9.53. The number of nitrogens with one attached hydrogen (secondary N) is 2. The van der Waals surface area contributed by atoms with E-state index in [-0.39, 0.29) is 30.2 Å². The van der Waals surface area contributed by atoms with Crippen LogP contribution in [-0.2, 0) is 20.0 Å². The molecule has 0 unspecified atom stereocenters. The molecule has 0 bridgehead atoms. The van der Waals surface area contributed by atoms with Gasteiger partial charge in [0.1, 0.15) is 4.90 Å². The average molecular weight is 360 g/mol. The summed E-state index contributed by atoms with van der Waals surface area (Å²) in [5.41, 5.74) is 4.94. The number of sulfonamides is 2. The lowest BCUT2D eigenvalue weighted by molar-refractivity contribution is 0.556. The maximum atomic E-state index is 13.7. The molecule has 0 atom stereocenters. The molecular weight excluding hydrogens is 345 g/mol. The van der Waals surface area contributed by atoms with Crippen LogP contribution in [0.2, 0.25) is 5.02 Å². The highest BCUT2D eigenvalue weighted by atomic mass is 35.5. The van der Waals surface area contributed by atoms with E-state index in [4.69, 9.17) is 17.3 Å². The van der Waals surface area contributed by atoms with E-state index >= 15 is 0 Å². The van der Waals surface area contributed by atoms with Crippen molar-refractivity contribution in [2.24, 2.45) is 0 Å². The Labute approximate surface area is 127 Å². The molecule has 0 saturated heterocycles. The number of anilines is 1. The number of hydrogen-bond donors (Lipinski definition) is 3. The minimum Gasteiger partial charge on any atom is -0.396 e. The van der Waals surface area contributed by atoms with Gasteiger partial charge in [-0.1, -0.05) is 11.6 Å². The van der Waals surface area contributed by atoms with E-state index in [0.29, 0.717) is 0 Å². The van der Waals surface area contributed by atoms with Crippen LogP contribution in [0.3, 0.4) is 0 Å². The van der Waals surface area contributed by atoms with Crippen molar-refractivity contribution in [2.45, 2.75) is 11.3 Å². The average Bonchev–Trinajstić information content (AvgIpc) is 2.31. The molecule has 0 saturated carbocycles. The van der Waals surface area contributed by atoms with Crippen LogP contribution < -0.4 is 15.2 Å². The molecular formula is C10H15ClFN3O4S2. The van der Waals surface area contributed by atoms with E-state index in [1.165, 1.54) is 0 Å². The predicted molar refractivity (Wildman–Crippen MR) is 78.5 cm³/mol. The third-order valence-electron chi connectivity index (χ3n) is 2.33. The van der Waals surface area contributed by atoms with Crippen LogP contribution in [-0.4, -0.2) is 36.2 Å². The summed E-state index contributed by atoms with van der Waals surface area (Å²) >= 11 is 5.65. The standard InChI is InChI=1S/C10H15ClFN3O4S2/c1-20(16,17)14-3-2-4-15-21(18,19)9-6-7(11)5-8(13)10(9)12/h5-6,14-15H,2-4,13H2,1H3. The zero-order valence-electron chi connectivity index (χ0n) is 11.1. The first-order valence-corrected chi connectivity index (χ1v) is 9.47. The van der Waals surface area contributed by atoms with Crippen LogP contribution in [0.5, 0.6) is 0 Å². The molecule has 1 aromatic rings. The Morgan fingerprint density at radius 3 is 2.33 bits per heavy atom. The molecule has 0 aliphatic heterocycles. The second-order valence-corrected chi connectivity index (χ2v) is 8.23. The summed E-state index contributed by atoms with van der Waals surface area (Å²) in [6.07, 6.45) is 1.19. The summed E-state index contributed by atoms with van der Waals surface area (Å²) in [6.45, 7) is -0.0156. The second kappa shape index (κ2) is 6.88. The minimum absolute atomic E-state index is 0.00646. The summed E-state index contributed by atoms with van der Waals surface area (Å²) in [7, 11) is -7.45. The van der Waals surface area contributed by atoms with Gasteiger partial charge >= 0.3 is 0 Å². The van der Waals surface area contributed by atoms with E-state index in [1.807, 2.05) is 0 Å². The maximum absolute atomic E-state index is 13.7. The molecule has 0 spiro atoms. The molecule has 0 heterocycles. The first-order valence-electron chi connectivity index (χ1n) is 5.72. The molecule has 0 fully saturated rings. The van der Waals surface area contributed by atoms with Gasteiger partial charge in [-0.15, -0.1) is 0 Å². The van der Waals surface area contributed by atoms with Crippen LogP contribution in [0.25, 0.3) is 0 Å². The van der Waals surface area contributed by atoms with Crippen LogP contribution in [0.4, 0.5) is 10.1 Å². The first kappa shape index (κ1) is 18.1. The molecule has 0 aliphatic rings. The highest BCUT2D eigenvalue weighted by Gasteiger charge is 2.21. The van der Waals surface area contributed by atoms with E-state index in [9.17, 15) is 21.2 Å². The van der Waals surface area contributed by atoms with Crippen LogP contribution in [0.1, 0.15) is 6.42 Å². The van der Waals surface area contributed by atoms with E-state index < -0.39 is 30.8 Å². The largest absolute Gasteiger partial charge is 0.396 e. The van der Waals surface area contributed by atoms with Gasteiger partial charge in [0.2, 0.25) is 20.0 Å².